The second kappa shape index (κ2) is 8.65. The van der Waals surface area contributed by atoms with Crippen molar-refractivity contribution in [2.45, 2.75) is 58.7 Å². The van der Waals surface area contributed by atoms with Crippen molar-refractivity contribution in [1.82, 2.24) is 4.90 Å². The topological polar surface area (TPSA) is 38.8 Å². The number of ether oxygens (including phenoxy) is 2. The summed E-state index contributed by atoms with van der Waals surface area (Å²) in [6, 6.07) is 6.58. The first-order valence-corrected chi connectivity index (χ1v) is 9.15. The summed E-state index contributed by atoms with van der Waals surface area (Å²) in [6.07, 6.45) is 2.25. The zero-order chi connectivity index (χ0) is 18.4. The van der Waals surface area contributed by atoms with Crippen LogP contribution in [0.4, 0.5) is 9.18 Å². The SMILES string of the molecule is CCCO[C@@H](c1cccc(F)c1)[C@@H]1CCCN(C(=O)OC(C)(C)C)C1. The van der Waals surface area contributed by atoms with Crippen molar-refractivity contribution in [3.05, 3.63) is 35.6 Å². The lowest BCUT2D eigenvalue weighted by atomic mass is 9.88. The molecule has 1 aromatic carbocycles. The number of hydrogen-bond donors (Lipinski definition) is 0. The van der Waals surface area contributed by atoms with E-state index < -0.39 is 5.60 Å². The molecule has 1 aliphatic heterocycles. The maximum absolute atomic E-state index is 13.7. The van der Waals surface area contributed by atoms with Gasteiger partial charge in [0.1, 0.15) is 11.4 Å². The van der Waals surface area contributed by atoms with E-state index in [4.69, 9.17) is 9.47 Å². The molecule has 1 aromatic rings. The van der Waals surface area contributed by atoms with Crippen molar-refractivity contribution in [3.8, 4) is 0 Å². The Morgan fingerprint density at radius 3 is 2.80 bits per heavy atom. The van der Waals surface area contributed by atoms with Crippen LogP contribution in [0.3, 0.4) is 0 Å². The van der Waals surface area contributed by atoms with Crippen LogP contribution in [0.2, 0.25) is 0 Å². The second-order valence-corrected chi connectivity index (χ2v) is 7.68. The summed E-state index contributed by atoms with van der Waals surface area (Å²) in [7, 11) is 0. The number of benzene rings is 1. The number of likely N-dealkylation sites (tertiary alicyclic amines) is 1. The quantitative estimate of drug-likeness (QED) is 0.754. The molecule has 4 nitrogen and oxygen atoms in total. The van der Waals surface area contributed by atoms with Gasteiger partial charge in [-0.15, -0.1) is 0 Å². The lowest BCUT2D eigenvalue weighted by Gasteiger charge is -2.37. The van der Waals surface area contributed by atoms with Crippen LogP contribution in [0.25, 0.3) is 0 Å². The van der Waals surface area contributed by atoms with E-state index >= 15 is 0 Å². The number of piperidine rings is 1. The van der Waals surface area contributed by atoms with Gasteiger partial charge < -0.3 is 14.4 Å². The first-order valence-electron chi connectivity index (χ1n) is 9.15. The molecular formula is C20H30FNO3. The fourth-order valence-corrected chi connectivity index (χ4v) is 3.18. The van der Waals surface area contributed by atoms with Crippen molar-refractivity contribution in [2.24, 2.45) is 5.92 Å². The first kappa shape index (κ1) is 19.7. The minimum atomic E-state index is -0.509. The molecular weight excluding hydrogens is 321 g/mol. The molecule has 1 aliphatic rings. The monoisotopic (exact) mass is 351 g/mol. The maximum atomic E-state index is 13.7. The lowest BCUT2D eigenvalue weighted by molar-refractivity contribution is -0.0256. The van der Waals surface area contributed by atoms with Crippen molar-refractivity contribution in [2.75, 3.05) is 19.7 Å². The number of halogens is 1. The van der Waals surface area contributed by atoms with E-state index in [0.29, 0.717) is 19.7 Å². The summed E-state index contributed by atoms with van der Waals surface area (Å²) < 4.78 is 25.2. The van der Waals surface area contributed by atoms with Gasteiger partial charge in [-0.1, -0.05) is 19.1 Å². The normalized spacial score (nSPS) is 19.6. The molecule has 2 rings (SSSR count). The summed E-state index contributed by atoms with van der Waals surface area (Å²) >= 11 is 0. The van der Waals surface area contributed by atoms with E-state index in [2.05, 4.69) is 6.92 Å². The average molecular weight is 351 g/mol. The molecule has 0 spiro atoms. The van der Waals surface area contributed by atoms with Gasteiger partial charge in [-0.3, -0.25) is 0 Å². The molecule has 140 valence electrons. The van der Waals surface area contributed by atoms with E-state index in [1.807, 2.05) is 26.8 Å². The summed E-state index contributed by atoms with van der Waals surface area (Å²) in [6.45, 7) is 9.53. The second-order valence-electron chi connectivity index (χ2n) is 7.68. The Hall–Kier alpha value is -1.62. The minimum absolute atomic E-state index is 0.134. The van der Waals surface area contributed by atoms with Gasteiger partial charge in [0.15, 0.2) is 0 Å². The minimum Gasteiger partial charge on any atom is -0.444 e. The summed E-state index contributed by atoms with van der Waals surface area (Å²) in [4.78, 5) is 14.1. The van der Waals surface area contributed by atoms with E-state index in [1.165, 1.54) is 12.1 Å². The molecule has 0 N–H and O–H groups in total. The molecule has 1 heterocycles. The number of nitrogens with zero attached hydrogens (tertiary/aromatic N) is 1. The number of amides is 1. The zero-order valence-electron chi connectivity index (χ0n) is 15.8. The highest BCUT2D eigenvalue weighted by atomic mass is 19.1. The lowest BCUT2D eigenvalue weighted by Crippen LogP contribution is -2.44. The van der Waals surface area contributed by atoms with Crippen LogP contribution in [0.5, 0.6) is 0 Å². The predicted molar refractivity (Wildman–Crippen MR) is 95.9 cm³/mol. The van der Waals surface area contributed by atoms with Crippen LogP contribution in [-0.2, 0) is 9.47 Å². The van der Waals surface area contributed by atoms with Crippen molar-refractivity contribution >= 4 is 6.09 Å². The zero-order valence-corrected chi connectivity index (χ0v) is 15.8. The molecule has 0 saturated carbocycles. The van der Waals surface area contributed by atoms with E-state index in [-0.39, 0.29) is 23.9 Å². The Kier molecular flexibility index (Phi) is 6.82. The van der Waals surface area contributed by atoms with Crippen LogP contribution >= 0.6 is 0 Å². The highest BCUT2D eigenvalue weighted by Gasteiger charge is 2.33. The third-order valence-electron chi connectivity index (χ3n) is 4.22. The standard InChI is InChI=1S/C20H30FNO3/c1-5-12-24-18(15-8-6-10-17(21)13-15)16-9-7-11-22(14-16)19(23)25-20(2,3)4/h6,8,10,13,16,18H,5,7,9,11-12,14H2,1-4H3/t16-,18+/m1/s1. The molecule has 25 heavy (non-hydrogen) atoms. The van der Waals surface area contributed by atoms with Crippen molar-refractivity contribution in [1.29, 1.82) is 0 Å². The number of carbonyl (C=O) groups excluding carboxylic acids is 1. The summed E-state index contributed by atoms with van der Waals surface area (Å²) in [5.41, 5.74) is 0.328. The fourth-order valence-electron chi connectivity index (χ4n) is 3.18. The fraction of sp³-hybridized carbons (Fsp3) is 0.650. The highest BCUT2D eigenvalue weighted by Crippen LogP contribution is 2.33. The molecule has 0 bridgehead atoms. The maximum Gasteiger partial charge on any atom is 0.410 e. The number of carbonyl (C=O) groups is 1. The Balaban J connectivity index is 2.12. The highest BCUT2D eigenvalue weighted by molar-refractivity contribution is 5.68. The van der Waals surface area contributed by atoms with Gasteiger partial charge in [0.25, 0.3) is 0 Å². The third kappa shape index (κ3) is 5.99. The van der Waals surface area contributed by atoms with E-state index in [9.17, 15) is 9.18 Å². The van der Waals surface area contributed by atoms with E-state index in [0.717, 1.165) is 24.8 Å². The van der Waals surface area contributed by atoms with E-state index in [1.54, 1.807) is 11.0 Å². The predicted octanol–water partition coefficient (Wildman–Crippen LogP) is 4.94. The third-order valence-corrected chi connectivity index (χ3v) is 4.22. The molecule has 0 unspecified atom stereocenters. The Morgan fingerprint density at radius 1 is 1.40 bits per heavy atom. The molecule has 0 aliphatic carbocycles. The van der Waals surface area contributed by atoms with Gasteiger partial charge in [-0.2, -0.15) is 0 Å². The Morgan fingerprint density at radius 2 is 2.16 bits per heavy atom. The van der Waals surface area contributed by atoms with Gasteiger partial charge in [-0.05, 0) is 57.7 Å². The van der Waals surface area contributed by atoms with Crippen molar-refractivity contribution in [3.63, 3.8) is 0 Å². The Bertz CT molecular complexity index is 570. The largest absolute Gasteiger partial charge is 0.444 e. The molecule has 1 amide bonds. The van der Waals surface area contributed by atoms with Gasteiger partial charge >= 0.3 is 6.09 Å². The van der Waals surface area contributed by atoms with Crippen LogP contribution < -0.4 is 0 Å². The number of rotatable bonds is 5. The summed E-state index contributed by atoms with van der Waals surface area (Å²) in [5.74, 6) is -0.128. The molecule has 0 aromatic heterocycles. The van der Waals surface area contributed by atoms with Gasteiger partial charge in [0.2, 0.25) is 0 Å². The number of hydrogen-bond acceptors (Lipinski definition) is 3. The van der Waals surface area contributed by atoms with Gasteiger partial charge in [0.05, 0.1) is 6.10 Å². The van der Waals surface area contributed by atoms with Crippen LogP contribution in [0.15, 0.2) is 24.3 Å². The molecule has 0 radical (unpaired) electrons. The Labute approximate surface area is 150 Å². The van der Waals surface area contributed by atoms with Crippen LogP contribution in [-0.4, -0.2) is 36.3 Å². The average Bonchev–Trinajstić information content (AvgIpc) is 2.54. The molecule has 1 fully saturated rings. The van der Waals surface area contributed by atoms with Crippen LogP contribution in [0.1, 0.15) is 58.6 Å². The van der Waals surface area contributed by atoms with Crippen LogP contribution in [0, 0.1) is 11.7 Å². The van der Waals surface area contributed by atoms with Crippen molar-refractivity contribution < 1.29 is 18.7 Å². The van der Waals surface area contributed by atoms with Gasteiger partial charge in [0, 0.05) is 25.6 Å². The smallest absolute Gasteiger partial charge is 0.410 e. The molecule has 1 saturated heterocycles. The van der Waals surface area contributed by atoms with Gasteiger partial charge in [-0.25, -0.2) is 9.18 Å². The summed E-state index contributed by atoms with van der Waals surface area (Å²) in [5, 5.41) is 0. The first-order chi connectivity index (χ1) is 11.8. The molecule has 5 heteroatoms. The molecule has 2 atom stereocenters.